The lowest BCUT2D eigenvalue weighted by Crippen LogP contribution is -2.12. The molecule has 2 rings (SSSR count). The standard InChI is InChI=1S/C19H16BrClN2O3/c1-2-25-17-9-12(7-14(10-22)19(23)24)8-15(20)18(17)26-11-13-5-3-4-6-16(13)21/h3-9H,2,11H2,1H3,(H2,23,24). The molecule has 0 aliphatic rings. The molecule has 26 heavy (non-hydrogen) atoms. The van der Waals surface area contributed by atoms with Gasteiger partial charge in [0.25, 0.3) is 5.91 Å². The molecule has 134 valence electrons. The van der Waals surface area contributed by atoms with E-state index in [2.05, 4.69) is 15.9 Å². The summed E-state index contributed by atoms with van der Waals surface area (Å²) in [5.74, 6) is 0.184. The van der Waals surface area contributed by atoms with Gasteiger partial charge >= 0.3 is 0 Å². The van der Waals surface area contributed by atoms with Crippen LogP contribution in [0.3, 0.4) is 0 Å². The van der Waals surface area contributed by atoms with E-state index < -0.39 is 5.91 Å². The lowest BCUT2D eigenvalue weighted by atomic mass is 10.1. The highest BCUT2D eigenvalue weighted by Gasteiger charge is 2.14. The second-order valence-electron chi connectivity index (χ2n) is 5.18. The topological polar surface area (TPSA) is 85.3 Å². The van der Waals surface area contributed by atoms with Crippen molar-refractivity contribution < 1.29 is 14.3 Å². The number of nitrogens with two attached hydrogens (primary N) is 1. The van der Waals surface area contributed by atoms with Gasteiger partial charge in [-0.1, -0.05) is 29.8 Å². The van der Waals surface area contributed by atoms with Crippen molar-refractivity contribution in [2.75, 3.05) is 6.61 Å². The summed E-state index contributed by atoms with van der Waals surface area (Å²) in [4.78, 5) is 11.2. The van der Waals surface area contributed by atoms with Gasteiger partial charge in [0.1, 0.15) is 18.2 Å². The number of carbonyl (C=O) groups excluding carboxylic acids is 1. The molecule has 0 fully saturated rings. The molecule has 0 saturated carbocycles. The van der Waals surface area contributed by atoms with E-state index in [4.69, 9.17) is 32.1 Å². The van der Waals surface area contributed by atoms with Crippen molar-refractivity contribution in [1.82, 2.24) is 0 Å². The summed E-state index contributed by atoms with van der Waals surface area (Å²) < 4.78 is 12.1. The molecule has 0 spiro atoms. The van der Waals surface area contributed by atoms with Crippen molar-refractivity contribution in [3.8, 4) is 17.6 Å². The van der Waals surface area contributed by atoms with Crippen LogP contribution in [0.25, 0.3) is 6.08 Å². The molecule has 0 unspecified atom stereocenters. The van der Waals surface area contributed by atoms with Crippen LogP contribution in [0, 0.1) is 11.3 Å². The third-order valence-electron chi connectivity index (χ3n) is 3.36. The van der Waals surface area contributed by atoms with Gasteiger partial charge in [-0.25, -0.2) is 0 Å². The van der Waals surface area contributed by atoms with E-state index in [1.807, 2.05) is 25.1 Å². The van der Waals surface area contributed by atoms with E-state index in [0.29, 0.717) is 33.2 Å². The molecule has 0 bridgehead atoms. The zero-order valence-electron chi connectivity index (χ0n) is 14.0. The molecule has 0 aromatic heterocycles. The Hall–Kier alpha value is -2.49. The number of nitriles is 1. The molecule has 2 aromatic rings. The SMILES string of the molecule is CCOc1cc(C=C(C#N)C(N)=O)cc(Br)c1OCc1ccccc1Cl. The fraction of sp³-hybridized carbons (Fsp3) is 0.158. The quantitative estimate of drug-likeness (QED) is 0.513. The Balaban J connectivity index is 2.36. The van der Waals surface area contributed by atoms with E-state index >= 15 is 0 Å². The predicted molar refractivity (Wildman–Crippen MR) is 104 cm³/mol. The lowest BCUT2D eigenvalue weighted by Gasteiger charge is -2.15. The van der Waals surface area contributed by atoms with Crippen molar-refractivity contribution in [3.05, 3.63) is 62.6 Å². The van der Waals surface area contributed by atoms with Crippen molar-refractivity contribution >= 4 is 39.5 Å². The summed E-state index contributed by atoms with van der Waals surface area (Å²) >= 11 is 9.60. The van der Waals surface area contributed by atoms with E-state index in [-0.39, 0.29) is 12.2 Å². The molecule has 0 saturated heterocycles. The Kier molecular flexibility index (Phi) is 7.07. The molecule has 0 heterocycles. The van der Waals surface area contributed by atoms with Gasteiger partial charge in [-0.05, 0) is 52.7 Å². The number of ether oxygens (including phenoxy) is 2. The smallest absolute Gasteiger partial charge is 0.259 e. The maximum Gasteiger partial charge on any atom is 0.259 e. The number of hydrogen-bond acceptors (Lipinski definition) is 4. The van der Waals surface area contributed by atoms with Gasteiger partial charge in [0.15, 0.2) is 11.5 Å². The Bertz CT molecular complexity index is 891. The monoisotopic (exact) mass is 434 g/mol. The second kappa shape index (κ2) is 9.27. The first kappa shape index (κ1) is 19.8. The van der Waals surface area contributed by atoms with Crippen molar-refractivity contribution in [1.29, 1.82) is 5.26 Å². The maximum absolute atomic E-state index is 11.2. The predicted octanol–water partition coefficient (Wildman–Crippen LogP) is 4.47. The summed E-state index contributed by atoms with van der Waals surface area (Å²) in [5.41, 5.74) is 6.45. The van der Waals surface area contributed by atoms with Crippen LogP contribution in [0.15, 0.2) is 46.4 Å². The van der Waals surface area contributed by atoms with Crippen molar-refractivity contribution in [2.24, 2.45) is 5.73 Å². The maximum atomic E-state index is 11.2. The molecule has 2 aromatic carbocycles. The summed E-state index contributed by atoms with van der Waals surface area (Å²) in [6.45, 7) is 2.53. The van der Waals surface area contributed by atoms with Crippen molar-refractivity contribution in [2.45, 2.75) is 13.5 Å². The first-order chi connectivity index (χ1) is 12.5. The van der Waals surface area contributed by atoms with Crippen LogP contribution in [0.2, 0.25) is 5.02 Å². The van der Waals surface area contributed by atoms with Gasteiger partial charge in [0.05, 0.1) is 11.1 Å². The summed E-state index contributed by atoms with van der Waals surface area (Å²) in [7, 11) is 0. The number of benzene rings is 2. The van der Waals surface area contributed by atoms with Gasteiger partial charge in [0.2, 0.25) is 0 Å². The van der Waals surface area contributed by atoms with Crippen LogP contribution in [0.1, 0.15) is 18.1 Å². The molecule has 0 radical (unpaired) electrons. The minimum absolute atomic E-state index is 0.149. The van der Waals surface area contributed by atoms with Gasteiger partial charge in [-0.15, -0.1) is 0 Å². The van der Waals surface area contributed by atoms with E-state index in [1.54, 1.807) is 24.3 Å². The van der Waals surface area contributed by atoms with Crippen LogP contribution < -0.4 is 15.2 Å². The van der Waals surface area contributed by atoms with E-state index in [0.717, 1.165) is 5.56 Å². The lowest BCUT2D eigenvalue weighted by molar-refractivity contribution is -0.114. The Morgan fingerprint density at radius 2 is 2.08 bits per heavy atom. The average molecular weight is 436 g/mol. The van der Waals surface area contributed by atoms with Gasteiger partial charge in [-0.2, -0.15) is 5.26 Å². The Labute approximate surface area is 165 Å². The first-order valence-electron chi connectivity index (χ1n) is 7.70. The van der Waals surface area contributed by atoms with E-state index in [9.17, 15) is 4.79 Å². The molecule has 0 aliphatic heterocycles. The molecular weight excluding hydrogens is 420 g/mol. The highest BCUT2D eigenvalue weighted by Crippen LogP contribution is 2.38. The molecule has 0 aliphatic carbocycles. The average Bonchev–Trinajstić information content (AvgIpc) is 2.60. The number of nitrogens with zero attached hydrogens (tertiary/aromatic N) is 1. The van der Waals surface area contributed by atoms with Gasteiger partial charge in [-0.3, -0.25) is 4.79 Å². The van der Waals surface area contributed by atoms with Crippen LogP contribution in [-0.2, 0) is 11.4 Å². The highest BCUT2D eigenvalue weighted by molar-refractivity contribution is 9.10. The zero-order valence-corrected chi connectivity index (χ0v) is 16.3. The number of hydrogen-bond donors (Lipinski definition) is 1. The van der Waals surface area contributed by atoms with Gasteiger partial charge in [0, 0.05) is 10.6 Å². The summed E-state index contributed by atoms with van der Waals surface area (Å²) in [6.07, 6.45) is 1.40. The molecule has 2 N–H and O–H groups in total. The zero-order chi connectivity index (χ0) is 19.1. The summed E-state index contributed by atoms with van der Waals surface area (Å²) in [6, 6.07) is 12.6. The fourth-order valence-corrected chi connectivity index (χ4v) is 2.93. The third-order valence-corrected chi connectivity index (χ3v) is 4.32. The fourth-order valence-electron chi connectivity index (χ4n) is 2.16. The number of amides is 1. The minimum atomic E-state index is -0.791. The summed E-state index contributed by atoms with van der Waals surface area (Å²) in [5, 5.41) is 9.60. The molecule has 0 atom stereocenters. The number of rotatable bonds is 7. The molecule has 7 heteroatoms. The molecule has 1 amide bonds. The normalized spacial score (nSPS) is 10.9. The first-order valence-corrected chi connectivity index (χ1v) is 8.87. The molecular formula is C19H16BrClN2O3. The van der Waals surface area contributed by atoms with Crippen LogP contribution >= 0.6 is 27.5 Å². The largest absolute Gasteiger partial charge is 0.490 e. The Morgan fingerprint density at radius 1 is 1.35 bits per heavy atom. The Morgan fingerprint density at radius 3 is 2.69 bits per heavy atom. The number of primary amides is 1. The third kappa shape index (κ3) is 5.01. The van der Waals surface area contributed by atoms with E-state index in [1.165, 1.54) is 6.08 Å². The second-order valence-corrected chi connectivity index (χ2v) is 6.44. The van der Waals surface area contributed by atoms with Gasteiger partial charge < -0.3 is 15.2 Å². The van der Waals surface area contributed by atoms with Crippen LogP contribution in [0.5, 0.6) is 11.5 Å². The molecule has 5 nitrogen and oxygen atoms in total. The minimum Gasteiger partial charge on any atom is -0.490 e. The number of halogens is 2. The van der Waals surface area contributed by atoms with Crippen LogP contribution in [-0.4, -0.2) is 12.5 Å². The van der Waals surface area contributed by atoms with Crippen molar-refractivity contribution in [3.63, 3.8) is 0 Å². The van der Waals surface area contributed by atoms with Crippen LogP contribution in [0.4, 0.5) is 0 Å². The highest BCUT2D eigenvalue weighted by atomic mass is 79.9. The number of carbonyl (C=O) groups is 1.